The molecule has 0 fully saturated rings. The maximum absolute atomic E-state index is 11.6. The number of hydrogen-bond acceptors (Lipinski definition) is 4. The smallest absolute Gasteiger partial charge is 0.396 e. The predicted molar refractivity (Wildman–Crippen MR) is 69.2 cm³/mol. The van der Waals surface area contributed by atoms with Crippen molar-refractivity contribution in [3.05, 3.63) is 28.2 Å². The van der Waals surface area contributed by atoms with Crippen molar-refractivity contribution in [3.63, 3.8) is 0 Å². The van der Waals surface area contributed by atoms with Gasteiger partial charge in [0.25, 0.3) is 0 Å². The van der Waals surface area contributed by atoms with Crippen LogP contribution in [0.4, 0.5) is 0 Å². The Balaban J connectivity index is 2.87. The summed E-state index contributed by atoms with van der Waals surface area (Å²) in [5, 5.41) is 0. The first-order chi connectivity index (χ1) is 8.49. The van der Waals surface area contributed by atoms with Gasteiger partial charge in [0.1, 0.15) is 5.75 Å². The summed E-state index contributed by atoms with van der Waals surface area (Å²) in [5.41, 5.74) is 0.798. The number of carbonyl (C=O) groups excluding carboxylic acids is 2. The summed E-state index contributed by atoms with van der Waals surface area (Å²) in [6.45, 7) is 0.260. The summed E-state index contributed by atoms with van der Waals surface area (Å²) in [4.78, 5) is 23.9. The molecular weight excluding hydrogens is 302 g/mol. The SMILES string of the molecule is COC(=O)C(=O)N(C)Cc1cc(Br)ccc1OC. The van der Waals surface area contributed by atoms with E-state index in [9.17, 15) is 9.59 Å². The first-order valence-corrected chi connectivity index (χ1v) is 5.94. The fourth-order valence-electron chi connectivity index (χ4n) is 1.44. The topological polar surface area (TPSA) is 55.8 Å². The molecule has 0 saturated carbocycles. The van der Waals surface area contributed by atoms with Gasteiger partial charge in [-0.25, -0.2) is 4.79 Å². The summed E-state index contributed by atoms with van der Waals surface area (Å²) < 4.78 is 10.4. The third kappa shape index (κ3) is 3.46. The molecule has 0 aliphatic heterocycles. The second-order valence-corrected chi connectivity index (χ2v) is 4.52. The van der Waals surface area contributed by atoms with Crippen LogP contribution < -0.4 is 4.74 Å². The van der Waals surface area contributed by atoms with E-state index in [1.54, 1.807) is 13.2 Å². The maximum atomic E-state index is 11.6. The fourth-order valence-corrected chi connectivity index (χ4v) is 1.85. The highest BCUT2D eigenvalue weighted by Crippen LogP contribution is 2.24. The standard InChI is InChI=1S/C12H14BrNO4/c1-14(11(15)12(16)18-3)7-8-6-9(13)4-5-10(8)17-2/h4-6H,7H2,1-3H3. The van der Waals surface area contributed by atoms with E-state index >= 15 is 0 Å². The molecule has 1 rings (SSSR count). The number of esters is 1. The summed E-state index contributed by atoms with van der Waals surface area (Å²) >= 11 is 3.34. The lowest BCUT2D eigenvalue weighted by molar-refractivity contribution is -0.157. The minimum Gasteiger partial charge on any atom is -0.496 e. The molecule has 0 heterocycles. The predicted octanol–water partition coefficient (Wildman–Crippen LogP) is 1.59. The molecule has 0 unspecified atom stereocenters. The Morgan fingerprint density at radius 1 is 1.33 bits per heavy atom. The first-order valence-electron chi connectivity index (χ1n) is 5.15. The van der Waals surface area contributed by atoms with Crippen molar-refractivity contribution in [2.24, 2.45) is 0 Å². The Kier molecular flexibility index (Phi) is 5.15. The second-order valence-electron chi connectivity index (χ2n) is 3.61. The van der Waals surface area contributed by atoms with Crippen LogP contribution >= 0.6 is 15.9 Å². The number of rotatable bonds is 3. The highest BCUT2D eigenvalue weighted by atomic mass is 79.9. The van der Waals surface area contributed by atoms with Gasteiger partial charge in [-0.3, -0.25) is 4.79 Å². The van der Waals surface area contributed by atoms with Crippen molar-refractivity contribution in [3.8, 4) is 5.75 Å². The number of benzene rings is 1. The van der Waals surface area contributed by atoms with Crippen LogP contribution in [0.2, 0.25) is 0 Å². The van der Waals surface area contributed by atoms with Gasteiger partial charge >= 0.3 is 11.9 Å². The van der Waals surface area contributed by atoms with Crippen LogP contribution in [-0.4, -0.2) is 38.0 Å². The highest BCUT2D eigenvalue weighted by molar-refractivity contribution is 9.10. The third-order valence-electron chi connectivity index (χ3n) is 2.36. The van der Waals surface area contributed by atoms with E-state index < -0.39 is 11.9 Å². The molecule has 0 aliphatic carbocycles. The summed E-state index contributed by atoms with van der Waals surface area (Å²) in [6, 6.07) is 5.46. The molecule has 1 aromatic rings. The van der Waals surface area contributed by atoms with E-state index in [0.29, 0.717) is 5.75 Å². The average molecular weight is 316 g/mol. The zero-order valence-corrected chi connectivity index (χ0v) is 12.0. The third-order valence-corrected chi connectivity index (χ3v) is 2.85. The maximum Gasteiger partial charge on any atom is 0.396 e. The first kappa shape index (κ1) is 14.5. The van der Waals surface area contributed by atoms with Gasteiger partial charge in [0, 0.05) is 23.6 Å². The number of likely N-dealkylation sites (N-methyl/N-ethyl adjacent to an activating group) is 1. The largest absolute Gasteiger partial charge is 0.496 e. The Morgan fingerprint density at radius 3 is 2.56 bits per heavy atom. The van der Waals surface area contributed by atoms with Gasteiger partial charge in [0.2, 0.25) is 0 Å². The van der Waals surface area contributed by atoms with Gasteiger partial charge in [0.15, 0.2) is 0 Å². The number of carbonyl (C=O) groups is 2. The van der Waals surface area contributed by atoms with E-state index in [2.05, 4.69) is 20.7 Å². The lowest BCUT2D eigenvalue weighted by Crippen LogP contribution is -2.33. The molecule has 1 aromatic carbocycles. The van der Waals surface area contributed by atoms with Gasteiger partial charge < -0.3 is 14.4 Å². The highest BCUT2D eigenvalue weighted by Gasteiger charge is 2.20. The van der Waals surface area contributed by atoms with Crippen molar-refractivity contribution in [1.29, 1.82) is 0 Å². The number of halogens is 1. The van der Waals surface area contributed by atoms with Gasteiger partial charge in [-0.05, 0) is 18.2 Å². The monoisotopic (exact) mass is 315 g/mol. The molecule has 18 heavy (non-hydrogen) atoms. The quantitative estimate of drug-likeness (QED) is 0.628. The van der Waals surface area contributed by atoms with Crippen molar-refractivity contribution >= 4 is 27.8 Å². The van der Waals surface area contributed by atoms with Crippen molar-refractivity contribution < 1.29 is 19.1 Å². The number of hydrogen-bond donors (Lipinski definition) is 0. The van der Waals surface area contributed by atoms with Gasteiger partial charge in [-0.1, -0.05) is 15.9 Å². The van der Waals surface area contributed by atoms with Crippen LogP contribution in [0.1, 0.15) is 5.56 Å². The molecule has 6 heteroatoms. The molecule has 5 nitrogen and oxygen atoms in total. The van der Waals surface area contributed by atoms with Gasteiger partial charge in [0.05, 0.1) is 14.2 Å². The molecule has 0 radical (unpaired) electrons. The molecule has 0 atom stereocenters. The average Bonchev–Trinajstić information content (AvgIpc) is 2.37. The van der Waals surface area contributed by atoms with E-state index in [1.165, 1.54) is 19.1 Å². The molecule has 98 valence electrons. The number of methoxy groups -OCH3 is 2. The zero-order valence-electron chi connectivity index (χ0n) is 10.4. The molecule has 0 spiro atoms. The Labute approximate surface area is 114 Å². The van der Waals surface area contributed by atoms with Crippen LogP contribution in [0.15, 0.2) is 22.7 Å². The van der Waals surface area contributed by atoms with Gasteiger partial charge in [-0.2, -0.15) is 0 Å². The van der Waals surface area contributed by atoms with Crippen molar-refractivity contribution in [1.82, 2.24) is 4.90 Å². The number of amides is 1. The van der Waals surface area contributed by atoms with Crippen LogP contribution in [0.5, 0.6) is 5.75 Å². The summed E-state index contributed by atoms with van der Waals surface area (Å²) in [7, 11) is 4.25. The van der Waals surface area contributed by atoms with Crippen LogP contribution in [0.3, 0.4) is 0 Å². The van der Waals surface area contributed by atoms with Gasteiger partial charge in [-0.15, -0.1) is 0 Å². The number of ether oxygens (including phenoxy) is 2. The van der Waals surface area contributed by atoms with Crippen molar-refractivity contribution in [2.45, 2.75) is 6.54 Å². The van der Waals surface area contributed by atoms with E-state index in [0.717, 1.165) is 10.0 Å². The zero-order chi connectivity index (χ0) is 13.7. The summed E-state index contributed by atoms with van der Waals surface area (Å²) in [6.07, 6.45) is 0. The second kappa shape index (κ2) is 6.39. The van der Waals surface area contributed by atoms with Crippen LogP contribution in [0, 0.1) is 0 Å². The Morgan fingerprint density at radius 2 is 2.00 bits per heavy atom. The molecule has 0 aromatic heterocycles. The number of nitrogens with zero attached hydrogens (tertiary/aromatic N) is 1. The molecule has 1 amide bonds. The molecule has 0 bridgehead atoms. The van der Waals surface area contributed by atoms with E-state index in [1.807, 2.05) is 12.1 Å². The molecule has 0 aliphatic rings. The van der Waals surface area contributed by atoms with E-state index in [-0.39, 0.29) is 6.54 Å². The van der Waals surface area contributed by atoms with Crippen LogP contribution in [0.25, 0.3) is 0 Å². The minimum absolute atomic E-state index is 0.260. The lowest BCUT2D eigenvalue weighted by Gasteiger charge is -2.17. The fraction of sp³-hybridized carbons (Fsp3) is 0.333. The molecular formula is C12H14BrNO4. The van der Waals surface area contributed by atoms with Crippen molar-refractivity contribution in [2.75, 3.05) is 21.3 Å². The van der Waals surface area contributed by atoms with E-state index in [4.69, 9.17) is 4.74 Å². The summed E-state index contributed by atoms with van der Waals surface area (Å²) in [5.74, 6) is -0.922. The Hall–Kier alpha value is -1.56. The normalized spacial score (nSPS) is 9.78. The minimum atomic E-state index is -0.883. The lowest BCUT2D eigenvalue weighted by atomic mass is 10.2. The Bertz CT molecular complexity index is 461. The molecule has 0 saturated heterocycles. The van der Waals surface area contributed by atoms with Crippen LogP contribution in [-0.2, 0) is 20.9 Å². The molecule has 0 N–H and O–H groups in total.